The van der Waals surface area contributed by atoms with E-state index in [4.69, 9.17) is 0 Å². The summed E-state index contributed by atoms with van der Waals surface area (Å²) in [5, 5.41) is 2.91. The Morgan fingerprint density at radius 3 is 2.11 bits per heavy atom. The molecule has 1 fully saturated rings. The number of piperidine rings is 1. The number of rotatable bonds is 6. The molecule has 27 heavy (non-hydrogen) atoms. The van der Waals surface area contributed by atoms with E-state index >= 15 is 0 Å². The summed E-state index contributed by atoms with van der Waals surface area (Å²) in [5.74, 6) is -0.466. The molecule has 0 unspecified atom stereocenters. The lowest BCUT2D eigenvalue weighted by Gasteiger charge is -2.26. The van der Waals surface area contributed by atoms with Gasteiger partial charge < -0.3 is 10.1 Å². The lowest BCUT2D eigenvalue weighted by molar-refractivity contribution is 0.0600. The number of hydrogen-bond acceptors (Lipinski definition) is 4. The maximum Gasteiger partial charge on any atom is 0.337 e. The molecule has 1 saturated heterocycles. The summed E-state index contributed by atoms with van der Waals surface area (Å²) >= 11 is 0. The molecule has 0 radical (unpaired) electrons. The summed E-state index contributed by atoms with van der Waals surface area (Å²) in [7, 11) is 1.36. The maximum absolute atomic E-state index is 12.3. The van der Waals surface area contributed by atoms with Gasteiger partial charge in [0.2, 0.25) is 0 Å². The molecule has 2 aromatic rings. The van der Waals surface area contributed by atoms with E-state index in [-0.39, 0.29) is 11.9 Å². The van der Waals surface area contributed by atoms with E-state index in [2.05, 4.69) is 15.0 Å². The van der Waals surface area contributed by atoms with Crippen LogP contribution in [-0.2, 0) is 17.8 Å². The fourth-order valence-corrected chi connectivity index (χ4v) is 3.30. The first kappa shape index (κ1) is 19.1. The summed E-state index contributed by atoms with van der Waals surface area (Å²) in [5.41, 5.74) is 3.32. The molecule has 0 bridgehead atoms. The Labute approximate surface area is 160 Å². The van der Waals surface area contributed by atoms with Gasteiger partial charge in [-0.1, -0.05) is 30.7 Å². The molecule has 0 spiro atoms. The number of likely N-dealkylation sites (tertiary alicyclic amines) is 1. The van der Waals surface area contributed by atoms with E-state index in [1.807, 2.05) is 36.4 Å². The molecular formula is C22H26N2O3. The zero-order valence-corrected chi connectivity index (χ0v) is 15.7. The summed E-state index contributed by atoms with van der Waals surface area (Å²) in [6.45, 7) is 3.69. The Kier molecular flexibility index (Phi) is 6.60. The van der Waals surface area contributed by atoms with E-state index in [0.29, 0.717) is 17.7 Å². The first-order valence-corrected chi connectivity index (χ1v) is 9.42. The number of benzene rings is 2. The summed E-state index contributed by atoms with van der Waals surface area (Å²) < 4.78 is 4.68. The van der Waals surface area contributed by atoms with Gasteiger partial charge in [0.05, 0.1) is 12.7 Å². The predicted octanol–water partition coefficient (Wildman–Crippen LogP) is 3.39. The summed E-state index contributed by atoms with van der Waals surface area (Å²) in [4.78, 5) is 26.2. The third-order valence-corrected chi connectivity index (χ3v) is 4.90. The van der Waals surface area contributed by atoms with E-state index in [9.17, 15) is 9.59 Å². The maximum atomic E-state index is 12.3. The van der Waals surface area contributed by atoms with Crippen LogP contribution >= 0.6 is 0 Å². The third-order valence-electron chi connectivity index (χ3n) is 4.90. The predicted molar refractivity (Wildman–Crippen MR) is 105 cm³/mol. The van der Waals surface area contributed by atoms with Crippen molar-refractivity contribution < 1.29 is 14.3 Å². The van der Waals surface area contributed by atoms with Crippen molar-refractivity contribution in [1.29, 1.82) is 0 Å². The van der Waals surface area contributed by atoms with E-state index in [1.165, 1.54) is 31.9 Å². The summed E-state index contributed by atoms with van der Waals surface area (Å²) in [6.07, 6.45) is 3.89. The second kappa shape index (κ2) is 9.33. The van der Waals surface area contributed by atoms with Gasteiger partial charge in [-0.05, 0) is 61.3 Å². The van der Waals surface area contributed by atoms with Crippen LogP contribution in [0, 0.1) is 0 Å². The first-order valence-electron chi connectivity index (χ1n) is 9.42. The molecule has 142 valence electrons. The summed E-state index contributed by atoms with van der Waals surface area (Å²) in [6, 6.07) is 14.9. The fourth-order valence-electron chi connectivity index (χ4n) is 3.30. The zero-order valence-electron chi connectivity index (χ0n) is 15.7. The number of nitrogens with one attached hydrogen (secondary N) is 1. The molecule has 0 saturated carbocycles. The topological polar surface area (TPSA) is 58.6 Å². The van der Waals surface area contributed by atoms with Crippen LogP contribution in [0.15, 0.2) is 48.5 Å². The minimum atomic E-state index is -0.366. The minimum Gasteiger partial charge on any atom is -0.465 e. The van der Waals surface area contributed by atoms with Gasteiger partial charge in [0.25, 0.3) is 5.91 Å². The number of amides is 1. The van der Waals surface area contributed by atoms with Crippen molar-refractivity contribution in [2.45, 2.75) is 32.4 Å². The van der Waals surface area contributed by atoms with Crippen molar-refractivity contribution in [2.24, 2.45) is 0 Å². The van der Waals surface area contributed by atoms with Crippen LogP contribution in [-0.4, -0.2) is 37.0 Å². The van der Waals surface area contributed by atoms with Crippen LogP contribution in [0.2, 0.25) is 0 Å². The van der Waals surface area contributed by atoms with E-state index in [0.717, 1.165) is 25.2 Å². The average molecular weight is 366 g/mol. The number of methoxy groups -OCH3 is 1. The van der Waals surface area contributed by atoms with Crippen molar-refractivity contribution in [2.75, 3.05) is 20.2 Å². The van der Waals surface area contributed by atoms with Gasteiger partial charge in [-0.25, -0.2) is 4.79 Å². The van der Waals surface area contributed by atoms with Gasteiger partial charge in [-0.2, -0.15) is 0 Å². The normalized spacial score (nSPS) is 14.6. The highest BCUT2D eigenvalue weighted by Crippen LogP contribution is 2.14. The molecule has 1 N–H and O–H groups in total. The molecular weight excluding hydrogens is 340 g/mol. The molecule has 1 amide bonds. The lowest BCUT2D eigenvalue weighted by Crippen LogP contribution is -2.29. The van der Waals surface area contributed by atoms with Crippen molar-refractivity contribution in [1.82, 2.24) is 10.2 Å². The van der Waals surface area contributed by atoms with Crippen molar-refractivity contribution >= 4 is 11.9 Å². The van der Waals surface area contributed by atoms with Gasteiger partial charge >= 0.3 is 5.97 Å². The smallest absolute Gasteiger partial charge is 0.337 e. The quantitative estimate of drug-likeness (QED) is 0.796. The van der Waals surface area contributed by atoms with Gasteiger partial charge in [-0.15, -0.1) is 0 Å². The molecule has 0 aromatic heterocycles. The second-order valence-electron chi connectivity index (χ2n) is 6.90. The van der Waals surface area contributed by atoms with Gasteiger partial charge in [0.15, 0.2) is 0 Å². The molecule has 1 heterocycles. The van der Waals surface area contributed by atoms with E-state index in [1.54, 1.807) is 12.1 Å². The minimum absolute atomic E-state index is 0.100. The number of esters is 1. The van der Waals surface area contributed by atoms with Crippen LogP contribution in [0.1, 0.15) is 51.1 Å². The molecule has 1 aliphatic heterocycles. The second-order valence-corrected chi connectivity index (χ2v) is 6.90. The first-order chi connectivity index (χ1) is 13.2. The molecule has 5 nitrogen and oxygen atoms in total. The average Bonchev–Trinajstić information content (AvgIpc) is 2.73. The molecule has 2 aromatic carbocycles. The number of ether oxygens (including phenoxy) is 1. The Morgan fingerprint density at radius 2 is 1.48 bits per heavy atom. The van der Waals surface area contributed by atoms with Crippen LogP contribution in [0.5, 0.6) is 0 Å². The Hall–Kier alpha value is -2.66. The zero-order chi connectivity index (χ0) is 19.1. The van der Waals surface area contributed by atoms with Crippen LogP contribution < -0.4 is 5.32 Å². The number of carbonyl (C=O) groups is 2. The van der Waals surface area contributed by atoms with Gasteiger partial charge in [-0.3, -0.25) is 9.69 Å². The SMILES string of the molecule is COC(=O)c1ccc(CNC(=O)c2ccc(CN3CCCCC3)cc2)cc1. The monoisotopic (exact) mass is 366 g/mol. The lowest BCUT2D eigenvalue weighted by atomic mass is 10.1. The van der Waals surface area contributed by atoms with Crippen LogP contribution in [0.3, 0.4) is 0 Å². The molecule has 0 atom stereocenters. The molecule has 5 heteroatoms. The van der Waals surface area contributed by atoms with Gasteiger partial charge in [0, 0.05) is 18.7 Å². The van der Waals surface area contributed by atoms with E-state index < -0.39 is 0 Å². The molecule has 3 rings (SSSR count). The van der Waals surface area contributed by atoms with Crippen molar-refractivity contribution in [3.63, 3.8) is 0 Å². The molecule has 1 aliphatic rings. The molecule has 0 aliphatic carbocycles. The highest BCUT2D eigenvalue weighted by Gasteiger charge is 2.11. The highest BCUT2D eigenvalue weighted by molar-refractivity contribution is 5.94. The third kappa shape index (κ3) is 5.41. The fraction of sp³-hybridized carbons (Fsp3) is 0.364. The number of hydrogen-bond donors (Lipinski definition) is 1. The largest absolute Gasteiger partial charge is 0.465 e. The Morgan fingerprint density at radius 1 is 0.889 bits per heavy atom. The Balaban J connectivity index is 1.51. The highest BCUT2D eigenvalue weighted by atomic mass is 16.5. The number of carbonyl (C=O) groups excluding carboxylic acids is 2. The standard InChI is InChI=1S/C22H26N2O3/c1-27-22(26)20-11-5-17(6-12-20)15-23-21(25)19-9-7-18(8-10-19)16-24-13-3-2-4-14-24/h5-12H,2-4,13-16H2,1H3,(H,23,25). The van der Waals surface area contributed by atoms with Crippen molar-refractivity contribution in [3.8, 4) is 0 Å². The van der Waals surface area contributed by atoms with Crippen molar-refractivity contribution in [3.05, 3.63) is 70.8 Å². The number of nitrogens with zero attached hydrogens (tertiary/aromatic N) is 1. The Bertz CT molecular complexity index is 763. The van der Waals surface area contributed by atoms with Gasteiger partial charge in [0.1, 0.15) is 0 Å². The van der Waals surface area contributed by atoms with Crippen LogP contribution in [0.25, 0.3) is 0 Å². The van der Waals surface area contributed by atoms with Crippen LogP contribution in [0.4, 0.5) is 0 Å².